The second-order valence-electron chi connectivity index (χ2n) is 3.40. The van der Waals surface area contributed by atoms with Crippen LogP contribution in [0.4, 0.5) is 5.82 Å². The molecule has 0 aromatic carbocycles. The van der Waals surface area contributed by atoms with E-state index in [-0.39, 0.29) is 22.1 Å². The largest absolute Gasteiger partial charge is 0.383 e. The molecule has 2 N–H and O–H groups in total. The molecule has 0 aliphatic carbocycles. The lowest BCUT2D eigenvalue weighted by Gasteiger charge is -2.05. The van der Waals surface area contributed by atoms with Gasteiger partial charge < -0.3 is 5.73 Å². The normalized spacial score (nSPS) is 10.4. The molecule has 0 saturated carbocycles. The first-order chi connectivity index (χ1) is 8.49. The Balaban J connectivity index is 2.51. The number of carbonyl (C=O) groups is 1. The molecule has 2 aromatic rings. The van der Waals surface area contributed by atoms with Crippen LogP contribution in [-0.4, -0.2) is 15.8 Å². The van der Waals surface area contributed by atoms with E-state index >= 15 is 0 Å². The third-order valence-corrected chi connectivity index (χ3v) is 2.85. The van der Waals surface area contributed by atoms with Gasteiger partial charge in [0.05, 0.1) is 20.6 Å². The number of nitrogen functional groups attached to an aromatic ring is 1. The number of nitrogens with zero attached hydrogens (tertiary/aromatic N) is 2. The van der Waals surface area contributed by atoms with Crippen LogP contribution in [0, 0.1) is 0 Å². The number of ketones is 1. The Morgan fingerprint density at radius 2 is 1.67 bits per heavy atom. The number of rotatable bonds is 2. The molecule has 18 heavy (non-hydrogen) atoms. The van der Waals surface area contributed by atoms with Crippen molar-refractivity contribution in [1.29, 1.82) is 0 Å². The van der Waals surface area contributed by atoms with E-state index in [1.807, 2.05) is 0 Å². The average Bonchev–Trinajstić information content (AvgIpc) is 2.31. The summed E-state index contributed by atoms with van der Waals surface area (Å²) in [4.78, 5) is 19.9. The molecule has 0 unspecified atom stereocenters. The van der Waals surface area contributed by atoms with Crippen molar-refractivity contribution < 1.29 is 4.79 Å². The predicted molar refractivity (Wildman–Crippen MR) is 71.3 cm³/mol. The molecule has 7 heteroatoms. The summed E-state index contributed by atoms with van der Waals surface area (Å²) in [5, 5.41) is 0.790. The van der Waals surface area contributed by atoms with Crippen LogP contribution < -0.4 is 5.73 Å². The monoisotopic (exact) mass is 301 g/mol. The van der Waals surface area contributed by atoms with Crippen molar-refractivity contribution in [3.05, 3.63) is 50.9 Å². The van der Waals surface area contributed by atoms with Gasteiger partial charge in [-0.05, 0) is 12.1 Å². The lowest BCUT2D eigenvalue weighted by molar-refractivity contribution is 0.103. The third kappa shape index (κ3) is 2.56. The van der Waals surface area contributed by atoms with Gasteiger partial charge in [0.25, 0.3) is 0 Å². The van der Waals surface area contributed by atoms with E-state index in [1.165, 1.54) is 24.5 Å². The fraction of sp³-hybridized carbons (Fsp3) is 0. The van der Waals surface area contributed by atoms with Crippen molar-refractivity contribution in [2.24, 2.45) is 0 Å². The Hall–Kier alpha value is -1.36. The van der Waals surface area contributed by atoms with Gasteiger partial charge in [0.2, 0.25) is 5.78 Å². The molecule has 0 amide bonds. The van der Waals surface area contributed by atoms with Gasteiger partial charge in [-0.15, -0.1) is 0 Å². The van der Waals surface area contributed by atoms with Crippen LogP contribution in [0.15, 0.2) is 24.5 Å². The maximum atomic E-state index is 12.2. The second-order valence-corrected chi connectivity index (χ2v) is 4.68. The summed E-state index contributed by atoms with van der Waals surface area (Å²) in [5.41, 5.74) is 5.82. The quantitative estimate of drug-likeness (QED) is 0.865. The highest BCUT2D eigenvalue weighted by atomic mass is 35.5. The molecular weight excluding hydrogens is 296 g/mol. The van der Waals surface area contributed by atoms with Crippen LogP contribution in [-0.2, 0) is 0 Å². The van der Waals surface area contributed by atoms with E-state index in [4.69, 9.17) is 40.5 Å². The molecular formula is C11H6Cl3N3O. The smallest absolute Gasteiger partial charge is 0.216 e. The maximum Gasteiger partial charge on any atom is 0.216 e. The Morgan fingerprint density at radius 1 is 1.06 bits per heavy atom. The zero-order chi connectivity index (χ0) is 13.3. The predicted octanol–water partition coefficient (Wildman–Crippen LogP) is 3.25. The van der Waals surface area contributed by atoms with E-state index in [9.17, 15) is 4.79 Å². The molecule has 0 atom stereocenters. The minimum absolute atomic E-state index is 0.0526. The zero-order valence-electron chi connectivity index (χ0n) is 8.82. The molecule has 4 nitrogen and oxygen atoms in total. The third-order valence-electron chi connectivity index (χ3n) is 2.15. The molecule has 2 heterocycles. The summed E-state index contributed by atoms with van der Waals surface area (Å²) < 4.78 is 0. The van der Waals surface area contributed by atoms with Crippen LogP contribution in [0.3, 0.4) is 0 Å². The Morgan fingerprint density at radius 3 is 2.33 bits per heavy atom. The number of aromatic nitrogens is 2. The standard InChI is InChI=1S/C11H6Cl3N3O/c12-5-1-7(11(15)17-4-5)10(18)9-8(14)2-6(13)3-16-9/h1-4H,(H2,15,17). The second kappa shape index (κ2) is 5.10. The molecule has 0 bridgehead atoms. The SMILES string of the molecule is Nc1ncc(Cl)cc1C(=O)c1ncc(Cl)cc1Cl. The fourth-order valence-corrected chi connectivity index (χ4v) is 1.96. The summed E-state index contributed by atoms with van der Waals surface area (Å²) in [6.07, 6.45) is 2.68. The van der Waals surface area contributed by atoms with Crippen LogP contribution in [0.25, 0.3) is 0 Å². The van der Waals surface area contributed by atoms with Gasteiger partial charge in [0.15, 0.2) is 0 Å². The summed E-state index contributed by atoms with van der Waals surface area (Å²) >= 11 is 17.4. The minimum atomic E-state index is -0.454. The molecule has 0 aliphatic heterocycles. The van der Waals surface area contributed by atoms with E-state index in [0.29, 0.717) is 10.0 Å². The van der Waals surface area contributed by atoms with Crippen LogP contribution in [0.2, 0.25) is 15.1 Å². The number of hydrogen-bond donors (Lipinski definition) is 1. The van der Waals surface area contributed by atoms with Gasteiger partial charge in [-0.3, -0.25) is 4.79 Å². The number of hydrogen-bond acceptors (Lipinski definition) is 4. The topological polar surface area (TPSA) is 68.9 Å². The van der Waals surface area contributed by atoms with Crippen molar-refractivity contribution in [2.45, 2.75) is 0 Å². The first-order valence-corrected chi connectivity index (χ1v) is 5.89. The maximum absolute atomic E-state index is 12.2. The fourth-order valence-electron chi connectivity index (χ4n) is 1.34. The lowest BCUT2D eigenvalue weighted by Crippen LogP contribution is -2.09. The van der Waals surface area contributed by atoms with Crippen molar-refractivity contribution in [1.82, 2.24) is 9.97 Å². The molecule has 0 spiro atoms. The molecule has 0 fully saturated rings. The van der Waals surface area contributed by atoms with Gasteiger partial charge in [0.1, 0.15) is 11.5 Å². The highest BCUT2D eigenvalue weighted by molar-refractivity contribution is 6.37. The van der Waals surface area contributed by atoms with Gasteiger partial charge in [-0.1, -0.05) is 34.8 Å². The highest BCUT2D eigenvalue weighted by Gasteiger charge is 2.18. The first kappa shape index (κ1) is 13.1. The van der Waals surface area contributed by atoms with E-state index < -0.39 is 5.78 Å². The summed E-state index contributed by atoms with van der Waals surface area (Å²) in [6.45, 7) is 0. The first-order valence-electron chi connectivity index (χ1n) is 4.76. The van der Waals surface area contributed by atoms with E-state index in [2.05, 4.69) is 9.97 Å². The van der Waals surface area contributed by atoms with Crippen molar-refractivity contribution in [3.8, 4) is 0 Å². The number of halogens is 3. The van der Waals surface area contributed by atoms with Crippen LogP contribution in [0.5, 0.6) is 0 Å². The summed E-state index contributed by atoms with van der Waals surface area (Å²) in [7, 11) is 0. The molecule has 0 saturated heterocycles. The van der Waals surface area contributed by atoms with Gasteiger partial charge in [-0.2, -0.15) is 0 Å². The van der Waals surface area contributed by atoms with Gasteiger partial charge in [0, 0.05) is 12.4 Å². The highest BCUT2D eigenvalue weighted by Crippen LogP contribution is 2.24. The Bertz CT molecular complexity index is 631. The van der Waals surface area contributed by atoms with Crippen LogP contribution in [0.1, 0.15) is 16.1 Å². The van der Waals surface area contributed by atoms with Crippen molar-refractivity contribution in [2.75, 3.05) is 5.73 Å². The lowest BCUT2D eigenvalue weighted by atomic mass is 10.1. The van der Waals surface area contributed by atoms with Gasteiger partial charge >= 0.3 is 0 Å². The van der Waals surface area contributed by atoms with Crippen LogP contribution >= 0.6 is 34.8 Å². The van der Waals surface area contributed by atoms with E-state index in [0.717, 1.165) is 0 Å². The van der Waals surface area contributed by atoms with Crippen molar-refractivity contribution in [3.63, 3.8) is 0 Å². The Labute approximate surface area is 118 Å². The zero-order valence-corrected chi connectivity index (χ0v) is 11.1. The summed E-state index contributed by atoms with van der Waals surface area (Å²) in [5.74, 6) is -0.388. The molecule has 0 radical (unpaired) electrons. The van der Waals surface area contributed by atoms with E-state index in [1.54, 1.807) is 0 Å². The number of anilines is 1. The molecule has 92 valence electrons. The number of pyridine rings is 2. The average molecular weight is 303 g/mol. The molecule has 2 rings (SSSR count). The molecule has 2 aromatic heterocycles. The van der Waals surface area contributed by atoms with Gasteiger partial charge in [-0.25, -0.2) is 9.97 Å². The van der Waals surface area contributed by atoms with Crippen molar-refractivity contribution >= 4 is 46.4 Å². The molecule has 0 aliphatic rings. The minimum Gasteiger partial charge on any atom is -0.383 e. The Kier molecular flexibility index (Phi) is 3.71. The number of nitrogens with two attached hydrogens (primary N) is 1. The number of carbonyl (C=O) groups excluding carboxylic acids is 1. The summed E-state index contributed by atoms with van der Waals surface area (Å²) in [6, 6.07) is 2.84.